The van der Waals surface area contributed by atoms with Crippen molar-refractivity contribution in [2.75, 3.05) is 39.4 Å². The summed E-state index contributed by atoms with van der Waals surface area (Å²) < 4.78 is 18.0. The summed E-state index contributed by atoms with van der Waals surface area (Å²) in [5.41, 5.74) is 6.33. The minimum atomic E-state index is -0.616. The average Bonchev–Trinajstić information content (AvgIpc) is 4.15. The summed E-state index contributed by atoms with van der Waals surface area (Å²) in [5, 5.41) is 9.12. The Morgan fingerprint density at radius 1 is 0.682 bits per heavy atom. The van der Waals surface area contributed by atoms with E-state index >= 15 is 0 Å². The number of piperidine rings is 2. The number of nitrogens with zero attached hydrogens (tertiary/aromatic N) is 4. The Labute approximate surface area is 382 Å². The number of hydrogen-bond acceptors (Lipinski definition) is 12. The zero-order chi connectivity index (χ0) is 45.6. The van der Waals surface area contributed by atoms with Crippen molar-refractivity contribution in [2.45, 2.75) is 95.8 Å². The average molecular weight is 898 g/mol. The fraction of sp³-hybridized carbons (Fsp3) is 0.460. The lowest BCUT2D eigenvalue weighted by Gasteiger charge is -2.29. The quantitative estimate of drug-likeness (QED) is 0.207. The molecule has 0 saturated carbocycles. The number of hydrogen-bond donors (Lipinski definition) is 3. The monoisotopic (exact) mass is 897 g/mol. The molecule has 0 bridgehead atoms. The van der Waals surface area contributed by atoms with E-state index in [-0.39, 0.29) is 54.6 Å². The highest BCUT2D eigenvalue weighted by molar-refractivity contribution is 6.06. The number of carbonyl (C=O) groups is 6. The number of fused-ring (bicyclic) bond motifs is 3. The first-order chi connectivity index (χ1) is 31.9. The predicted octanol–water partition coefficient (Wildman–Crippen LogP) is 3.83. The van der Waals surface area contributed by atoms with E-state index in [1.165, 1.54) is 5.56 Å². The van der Waals surface area contributed by atoms with E-state index in [1.54, 1.807) is 21.9 Å². The Morgan fingerprint density at radius 3 is 1.89 bits per heavy atom. The predicted molar refractivity (Wildman–Crippen MR) is 240 cm³/mol. The van der Waals surface area contributed by atoms with Crippen LogP contribution in [0.2, 0.25) is 0 Å². The minimum absolute atomic E-state index is 0.0368. The molecule has 1 aromatic heterocycles. The summed E-state index contributed by atoms with van der Waals surface area (Å²) in [6.45, 7) is 11.0. The third-order valence-corrected chi connectivity index (χ3v) is 14.2. The highest BCUT2D eigenvalue weighted by atomic mass is 16.5. The molecule has 8 heterocycles. The summed E-state index contributed by atoms with van der Waals surface area (Å²) in [6, 6.07) is 20.7. The van der Waals surface area contributed by atoms with Crippen LogP contribution in [0.15, 0.2) is 66.7 Å². The molecule has 7 atom stereocenters. The molecular formula is C50H55N7O9. The topological polar surface area (TPSA) is 189 Å². The molecule has 344 valence electrons. The van der Waals surface area contributed by atoms with Gasteiger partial charge in [0.1, 0.15) is 35.8 Å². The van der Waals surface area contributed by atoms with Gasteiger partial charge in [-0.2, -0.15) is 0 Å². The molecule has 3 aromatic carbocycles. The van der Waals surface area contributed by atoms with Gasteiger partial charge in [0.2, 0.25) is 23.6 Å². The number of likely N-dealkylation sites (tertiary alicyclic amines) is 1. The molecule has 6 amide bonds. The molecule has 4 aromatic rings. The van der Waals surface area contributed by atoms with Gasteiger partial charge >= 0.3 is 0 Å². The normalized spacial score (nSPS) is 27.5. The number of nitrogens with one attached hydrogen (secondary N) is 3. The fourth-order valence-corrected chi connectivity index (χ4v) is 10.4. The molecule has 0 aliphatic carbocycles. The number of imide groups is 2. The molecule has 7 aliphatic rings. The largest absolute Gasteiger partial charge is 0.489 e. The molecule has 5 fully saturated rings. The zero-order valence-corrected chi connectivity index (χ0v) is 37.3. The maximum atomic E-state index is 13.0. The summed E-state index contributed by atoms with van der Waals surface area (Å²) in [4.78, 5) is 83.4. The Hall–Kier alpha value is -6.23. The summed E-state index contributed by atoms with van der Waals surface area (Å²) in [7, 11) is 0. The van der Waals surface area contributed by atoms with Gasteiger partial charge < -0.3 is 29.3 Å². The zero-order valence-electron chi connectivity index (χ0n) is 37.3. The van der Waals surface area contributed by atoms with Crippen LogP contribution < -0.4 is 25.4 Å². The fourth-order valence-electron chi connectivity index (χ4n) is 10.4. The van der Waals surface area contributed by atoms with Crippen molar-refractivity contribution in [2.24, 2.45) is 11.8 Å². The van der Waals surface area contributed by atoms with Crippen LogP contribution in [-0.2, 0) is 43.5 Å². The van der Waals surface area contributed by atoms with Gasteiger partial charge in [-0.15, -0.1) is 0 Å². The van der Waals surface area contributed by atoms with Gasteiger partial charge in [0.05, 0.1) is 12.1 Å². The van der Waals surface area contributed by atoms with Crippen LogP contribution >= 0.6 is 0 Å². The molecule has 3 N–H and O–H groups in total. The molecule has 11 rings (SSSR count). The number of amides is 6. The lowest BCUT2D eigenvalue weighted by molar-refractivity contribution is -0.138. The van der Waals surface area contributed by atoms with Crippen LogP contribution in [0.25, 0.3) is 10.9 Å². The van der Waals surface area contributed by atoms with Gasteiger partial charge in [-0.05, 0) is 90.6 Å². The highest BCUT2D eigenvalue weighted by Gasteiger charge is 2.41. The van der Waals surface area contributed by atoms with E-state index in [2.05, 4.69) is 65.0 Å². The second kappa shape index (κ2) is 18.2. The smallest absolute Gasteiger partial charge is 0.255 e. The molecule has 16 nitrogen and oxygen atoms in total. The maximum Gasteiger partial charge on any atom is 0.255 e. The van der Waals surface area contributed by atoms with Gasteiger partial charge in [-0.3, -0.25) is 49.3 Å². The van der Waals surface area contributed by atoms with Crippen molar-refractivity contribution >= 4 is 46.3 Å². The standard InChI is InChI=1S/C32H34N4O5.C18H21N3O4/c1-19-14-35(15-20-2-6-26-21(12-20)3-7-27(33-26)22-10-11-40-18-22)17-29(19)41-24-4-5-25-23(13-24)16-36(32(25)39)28-8-9-30(37)34-31(28)38;1-10-7-19-8-15(10)25-12-2-3-13-11(6-12)9-21(18(13)24)14-4-5-16(22)20-17(14)23/h2-7,12-13,19,22,28-29H,8-11,14-18H2,1H3,(H,34,37,38);2-3,6,10,14-15,19H,4-5,7-9H2,1H3,(H,20,22,23)/t19-,22-,28?,29-;10-,14?,15-/m11/s1. The van der Waals surface area contributed by atoms with Crippen LogP contribution in [0, 0.1) is 11.8 Å². The Morgan fingerprint density at radius 2 is 1.32 bits per heavy atom. The molecule has 0 radical (unpaired) electrons. The summed E-state index contributed by atoms with van der Waals surface area (Å²) in [6.07, 6.45) is 2.44. The number of aromatic nitrogens is 1. The first-order valence-electron chi connectivity index (χ1n) is 23.2. The molecule has 0 spiro atoms. The number of benzene rings is 3. The second-order valence-corrected chi connectivity index (χ2v) is 18.9. The van der Waals surface area contributed by atoms with Crippen LogP contribution in [0.4, 0.5) is 0 Å². The first kappa shape index (κ1) is 43.7. The lowest BCUT2D eigenvalue weighted by atomic mass is 10.0. The Kier molecular flexibility index (Phi) is 12.0. The van der Waals surface area contributed by atoms with Gasteiger partial charge in [0.15, 0.2) is 0 Å². The first-order valence-corrected chi connectivity index (χ1v) is 23.2. The van der Waals surface area contributed by atoms with E-state index in [0.717, 1.165) is 91.6 Å². The number of pyridine rings is 1. The van der Waals surface area contributed by atoms with E-state index < -0.39 is 18.0 Å². The van der Waals surface area contributed by atoms with Crippen LogP contribution in [0.1, 0.15) is 95.0 Å². The summed E-state index contributed by atoms with van der Waals surface area (Å²) >= 11 is 0. The second-order valence-electron chi connectivity index (χ2n) is 18.9. The Bertz CT molecular complexity index is 2610. The minimum Gasteiger partial charge on any atom is -0.489 e. The molecule has 2 unspecified atom stereocenters. The van der Waals surface area contributed by atoms with Crippen molar-refractivity contribution in [1.29, 1.82) is 0 Å². The van der Waals surface area contributed by atoms with Crippen LogP contribution in [0.5, 0.6) is 11.5 Å². The maximum absolute atomic E-state index is 13.0. The molecule has 5 saturated heterocycles. The molecular weight excluding hydrogens is 843 g/mol. The molecule has 7 aliphatic heterocycles. The van der Waals surface area contributed by atoms with Crippen molar-refractivity contribution < 1.29 is 43.0 Å². The highest BCUT2D eigenvalue weighted by Crippen LogP contribution is 2.34. The van der Waals surface area contributed by atoms with Crippen LogP contribution in [0.3, 0.4) is 0 Å². The third-order valence-electron chi connectivity index (χ3n) is 14.2. The molecule has 66 heavy (non-hydrogen) atoms. The van der Waals surface area contributed by atoms with Crippen molar-refractivity contribution in [3.05, 3.63) is 100 Å². The number of rotatable bonds is 9. The number of ether oxygens (including phenoxy) is 3. The van der Waals surface area contributed by atoms with E-state index in [1.807, 2.05) is 24.3 Å². The van der Waals surface area contributed by atoms with Gasteiger partial charge in [0.25, 0.3) is 11.8 Å². The van der Waals surface area contributed by atoms with Crippen molar-refractivity contribution in [3.8, 4) is 11.5 Å². The van der Waals surface area contributed by atoms with Crippen LogP contribution in [-0.4, -0.2) is 119 Å². The van der Waals surface area contributed by atoms with Gasteiger partial charge in [-0.1, -0.05) is 26.0 Å². The summed E-state index contributed by atoms with van der Waals surface area (Å²) in [5.74, 6) is 0.995. The SMILES string of the molecule is C[C@@H]1CN(Cc2ccc3nc([C@@H]4CCOC4)ccc3c2)C[C@H]1Oc1ccc2c(c1)CN(C1CCC(=O)NC1=O)C2=O.C[C@@H]1CNC[C@H]1Oc1ccc2c(c1)CN(C1CCC(=O)NC1=O)C2=O. The van der Waals surface area contributed by atoms with E-state index in [4.69, 9.17) is 19.2 Å². The Balaban J connectivity index is 0.000000175. The molecule has 16 heteroatoms. The number of carbonyl (C=O) groups excluding carboxylic acids is 6. The van der Waals surface area contributed by atoms with E-state index in [0.29, 0.717) is 54.8 Å². The van der Waals surface area contributed by atoms with Gasteiger partial charge in [0, 0.05) is 105 Å². The third kappa shape index (κ3) is 8.88. The van der Waals surface area contributed by atoms with E-state index in [9.17, 15) is 28.8 Å². The van der Waals surface area contributed by atoms with Crippen molar-refractivity contribution in [1.82, 2.24) is 35.6 Å². The van der Waals surface area contributed by atoms with Gasteiger partial charge in [-0.25, -0.2) is 0 Å². The van der Waals surface area contributed by atoms with Crippen molar-refractivity contribution in [3.63, 3.8) is 0 Å². The lowest BCUT2D eigenvalue weighted by Crippen LogP contribution is -2.52.